The summed E-state index contributed by atoms with van der Waals surface area (Å²) in [6, 6.07) is 0. The second kappa shape index (κ2) is 10.4. The molecule has 11 heteroatoms. The van der Waals surface area contributed by atoms with Crippen molar-refractivity contribution in [3.8, 4) is 0 Å². The fraction of sp³-hybridized carbons (Fsp3) is 0.500. The summed E-state index contributed by atoms with van der Waals surface area (Å²) >= 11 is 6.34. The number of amides is 1. The summed E-state index contributed by atoms with van der Waals surface area (Å²) in [6.07, 6.45) is -0.746. The minimum atomic E-state index is -0.824. The maximum Gasteiger partial charge on any atom is 0.302 e. The summed E-state index contributed by atoms with van der Waals surface area (Å²) < 4.78 is 23.7. The van der Waals surface area contributed by atoms with E-state index >= 15 is 0 Å². The van der Waals surface area contributed by atoms with Crippen molar-refractivity contribution in [2.45, 2.75) is 52.8 Å². The van der Waals surface area contributed by atoms with Crippen LogP contribution in [-0.2, 0) is 46.5 Å². The van der Waals surface area contributed by atoms with Gasteiger partial charge in [-0.3, -0.25) is 14.4 Å². The highest BCUT2D eigenvalue weighted by Crippen LogP contribution is 2.37. The minimum absolute atomic E-state index is 0.0365. The number of esters is 2. The first-order chi connectivity index (χ1) is 13.4. The van der Waals surface area contributed by atoms with Crippen molar-refractivity contribution in [1.29, 1.82) is 0 Å². The van der Waals surface area contributed by atoms with Gasteiger partial charge in [-0.05, 0) is 81.6 Å². The van der Waals surface area contributed by atoms with Crippen LogP contribution in [0.25, 0.3) is 0 Å². The third kappa shape index (κ3) is 6.61. The number of carbonyl (C=O) groups is 3. The van der Waals surface area contributed by atoms with Crippen LogP contribution in [0.5, 0.6) is 0 Å². The molecule has 0 aliphatic carbocycles. The van der Waals surface area contributed by atoms with Crippen LogP contribution in [0.4, 0.5) is 5.69 Å². The lowest BCUT2D eigenvalue weighted by Crippen LogP contribution is -2.32. The number of hydrogen-bond donors (Lipinski definition) is 1. The standard InChI is InChI=1S/C18H20I3NO7/c1-8(23)26-5-10-13(19)11(6-27-9(2)24)15(21)16(14(10)20)22-17(25)12-7-28-18(3,4)29-12/h12H,5-7H2,1-4H3,(H,22,25). The monoisotopic (exact) mass is 743 g/mol. The van der Waals surface area contributed by atoms with Crippen molar-refractivity contribution >= 4 is 91.3 Å². The molecule has 1 saturated heterocycles. The molecular formula is C18H20I3NO7. The number of nitrogens with one attached hydrogen (secondary N) is 1. The van der Waals surface area contributed by atoms with Crippen LogP contribution in [0.1, 0.15) is 38.8 Å². The lowest BCUT2D eigenvalue weighted by atomic mass is 10.1. The van der Waals surface area contributed by atoms with Crippen molar-refractivity contribution in [2.75, 3.05) is 11.9 Å². The molecule has 0 bridgehead atoms. The fourth-order valence-corrected chi connectivity index (χ4v) is 6.56. The van der Waals surface area contributed by atoms with Gasteiger partial charge in [0.1, 0.15) is 13.2 Å². The molecule has 0 radical (unpaired) electrons. The van der Waals surface area contributed by atoms with Gasteiger partial charge >= 0.3 is 11.9 Å². The van der Waals surface area contributed by atoms with Gasteiger partial charge < -0.3 is 24.3 Å². The van der Waals surface area contributed by atoms with Gasteiger partial charge in [0.05, 0.1) is 12.3 Å². The molecule has 1 amide bonds. The Bertz CT molecular complexity index is 796. The van der Waals surface area contributed by atoms with Crippen LogP contribution >= 0.6 is 67.8 Å². The number of halogens is 3. The Labute approximate surface area is 209 Å². The Hall–Kier alpha value is -0.260. The quantitative estimate of drug-likeness (QED) is 0.351. The average molecular weight is 743 g/mol. The van der Waals surface area contributed by atoms with E-state index in [0.29, 0.717) is 5.69 Å². The molecule has 1 N–H and O–H groups in total. The van der Waals surface area contributed by atoms with Crippen LogP contribution in [0.3, 0.4) is 0 Å². The molecule has 1 aliphatic rings. The highest BCUT2D eigenvalue weighted by atomic mass is 127. The van der Waals surface area contributed by atoms with E-state index in [9.17, 15) is 14.4 Å². The molecule has 1 aliphatic heterocycles. The lowest BCUT2D eigenvalue weighted by Gasteiger charge is -2.21. The molecule has 1 atom stereocenters. The zero-order chi connectivity index (χ0) is 21.9. The van der Waals surface area contributed by atoms with E-state index < -0.39 is 23.8 Å². The van der Waals surface area contributed by atoms with Gasteiger partial charge in [0, 0.05) is 35.7 Å². The van der Waals surface area contributed by atoms with Crippen molar-refractivity contribution < 1.29 is 33.3 Å². The molecule has 0 aromatic heterocycles. The molecule has 2 rings (SSSR count). The third-order valence-electron chi connectivity index (χ3n) is 3.89. The molecule has 1 unspecified atom stereocenters. The van der Waals surface area contributed by atoms with Gasteiger partial charge in [-0.15, -0.1) is 0 Å². The number of hydrogen-bond acceptors (Lipinski definition) is 7. The molecule has 8 nitrogen and oxygen atoms in total. The fourth-order valence-electron chi connectivity index (χ4n) is 2.50. The van der Waals surface area contributed by atoms with Crippen LogP contribution in [0, 0.1) is 10.7 Å². The molecule has 0 saturated carbocycles. The predicted octanol–water partition coefficient (Wildman–Crippen LogP) is 3.72. The van der Waals surface area contributed by atoms with Gasteiger partial charge in [0.25, 0.3) is 5.91 Å². The molecule has 0 spiro atoms. The molecule has 1 aromatic rings. The van der Waals surface area contributed by atoms with Crippen molar-refractivity contribution in [1.82, 2.24) is 0 Å². The van der Waals surface area contributed by atoms with Gasteiger partial charge in [0.15, 0.2) is 11.9 Å². The summed E-state index contributed by atoms with van der Waals surface area (Å²) in [5, 5.41) is 2.90. The van der Waals surface area contributed by atoms with E-state index in [4.69, 9.17) is 18.9 Å². The highest BCUT2D eigenvalue weighted by molar-refractivity contribution is 14.1. The van der Waals surface area contributed by atoms with Gasteiger partial charge in [-0.2, -0.15) is 0 Å². The van der Waals surface area contributed by atoms with Gasteiger partial charge in [-0.25, -0.2) is 0 Å². The van der Waals surface area contributed by atoms with E-state index in [1.54, 1.807) is 13.8 Å². The molecule has 1 fully saturated rings. The first-order valence-electron chi connectivity index (χ1n) is 8.50. The first kappa shape index (κ1) is 25.0. The summed E-state index contributed by atoms with van der Waals surface area (Å²) in [7, 11) is 0. The molecule has 160 valence electrons. The van der Waals surface area contributed by atoms with Crippen molar-refractivity contribution in [2.24, 2.45) is 0 Å². The lowest BCUT2D eigenvalue weighted by molar-refractivity contribution is -0.150. The molecule has 1 aromatic carbocycles. The first-order valence-corrected chi connectivity index (χ1v) is 11.7. The third-order valence-corrected chi connectivity index (χ3v) is 7.57. The molecule has 1 heterocycles. The Balaban J connectivity index is 2.41. The number of ether oxygens (including phenoxy) is 4. The van der Waals surface area contributed by atoms with Crippen LogP contribution in [-0.4, -0.2) is 36.3 Å². The largest absolute Gasteiger partial charge is 0.461 e. The zero-order valence-electron chi connectivity index (χ0n) is 16.2. The van der Waals surface area contributed by atoms with Crippen molar-refractivity contribution in [3.63, 3.8) is 0 Å². The summed E-state index contributed by atoms with van der Waals surface area (Å²) in [5.74, 6) is -2.00. The van der Waals surface area contributed by atoms with Crippen LogP contribution in [0.15, 0.2) is 0 Å². The molecule has 29 heavy (non-hydrogen) atoms. The van der Waals surface area contributed by atoms with E-state index in [-0.39, 0.29) is 25.7 Å². The van der Waals surface area contributed by atoms with Crippen molar-refractivity contribution in [3.05, 3.63) is 21.8 Å². The van der Waals surface area contributed by atoms with Gasteiger partial charge in [0.2, 0.25) is 0 Å². The number of carbonyl (C=O) groups excluding carboxylic acids is 3. The van der Waals surface area contributed by atoms with E-state index in [1.807, 2.05) is 0 Å². The van der Waals surface area contributed by atoms with Gasteiger partial charge in [-0.1, -0.05) is 0 Å². The Morgan fingerprint density at radius 3 is 1.86 bits per heavy atom. The maximum atomic E-state index is 12.8. The topological polar surface area (TPSA) is 100 Å². The zero-order valence-corrected chi connectivity index (χ0v) is 22.7. The second-order valence-electron chi connectivity index (χ2n) is 6.64. The average Bonchev–Trinajstić information content (AvgIpc) is 2.97. The summed E-state index contributed by atoms with van der Waals surface area (Å²) in [4.78, 5) is 35.4. The van der Waals surface area contributed by atoms with E-state index in [1.165, 1.54) is 13.8 Å². The predicted molar refractivity (Wildman–Crippen MR) is 129 cm³/mol. The second-order valence-corrected chi connectivity index (χ2v) is 9.88. The maximum absolute atomic E-state index is 12.8. The normalized spacial score (nSPS) is 17.7. The minimum Gasteiger partial charge on any atom is -0.461 e. The Kier molecular flexibility index (Phi) is 8.94. The SMILES string of the molecule is CC(=O)OCc1c(I)c(COC(C)=O)c(I)c(NC(=O)C2COC(C)(C)O2)c1I. The number of rotatable bonds is 6. The Morgan fingerprint density at radius 2 is 1.48 bits per heavy atom. The van der Waals surface area contributed by atoms with E-state index in [2.05, 4.69) is 73.1 Å². The van der Waals surface area contributed by atoms with Crippen LogP contribution < -0.4 is 5.32 Å². The molecular weight excluding hydrogens is 723 g/mol. The highest BCUT2D eigenvalue weighted by Gasteiger charge is 2.37. The van der Waals surface area contributed by atoms with Crippen LogP contribution in [0.2, 0.25) is 0 Å². The summed E-state index contributed by atoms with van der Waals surface area (Å²) in [6.45, 7) is 6.36. The number of anilines is 1. The Morgan fingerprint density at radius 1 is 1.00 bits per heavy atom. The number of benzene rings is 1. The van der Waals surface area contributed by atoms with E-state index in [0.717, 1.165) is 21.8 Å². The smallest absolute Gasteiger partial charge is 0.302 e. The summed E-state index contributed by atoms with van der Waals surface area (Å²) in [5.41, 5.74) is 2.00.